The smallest absolute Gasteiger partial charge is 0.127 e. The standard InChI is InChI=1S/C10H15N3/c1-3-11-9-4-6-13-7-5-12-10(13)8(9)2/h4-7,10-12H,3H2,1-2H3. The maximum atomic E-state index is 3.35. The molecule has 0 fully saturated rings. The van der Waals surface area contributed by atoms with Crippen molar-refractivity contribution < 1.29 is 0 Å². The van der Waals surface area contributed by atoms with E-state index in [1.165, 1.54) is 11.3 Å². The third kappa shape index (κ3) is 1.30. The van der Waals surface area contributed by atoms with E-state index in [2.05, 4.69) is 41.7 Å². The van der Waals surface area contributed by atoms with E-state index < -0.39 is 0 Å². The summed E-state index contributed by atoms with van der Waals surface area (Å²) in [7, 11) is 0. The van der Waals surface area contributed by atoms with Crippen molar-refractivity contribution in [1.29, 1.82) is 0 Å². The van der Waals surface area contributed by atoms with Crippen molar-refractivity contribution >= 4 is 0 Å². The number of fused-ring (bicyclic) bond motifs is 1. The molecular formula is C10H15N3. The predicted molar refractivity (Wildman–Crippen MR) is 53.4 cm³/mol. The number of nitrogens with one attached hydrogen (secondary N) is 2. The maximum absolute atomic E-state index is 3.35. The third-order valence-corrected chi connectivity index (χ3v) is 2.41. The minimum atomic E-state index is 0.319. The van der Waals surface area contributed by atoms with Gasteiger partial charge in [-0.1, -0.05) is 0 Å². The van der Waals surface area contributed by atoms with Gasteiger partial charge >= 0.3 is 0 Å². The van der Waals surface area contributed by atoms with Crippen molar-refractivity contribution in [3.8, 4) is 0 Å². The molecule has 0 amide bonds. The zero-order valence-corrected chi connectivity index (χ0v) is 8.04. The molecule has 0 saturated heterocycles. The molecule has 0 radical (unpaired) electrons. The fraction of sp³-hybridized carbons (Fsp3) is 0.400. The van der Waals surface area contributed by atoms with Crippen LogP contribution in [0.1, 0.15) is 13.8 Å². The summed E-state index contributed by atoms with van der Waals surface area (Å²) in [6, 6.07) is 0. The number of hydrogen-bond donors (Lipinski definition) is 2. The van der Waals surface area contributed by atoms with E-state index in [0.717, 1.165) is 6.54 Å². The Bertz CT molecular complexity index is 289. The van der Waals surface area contributed by atoms with E-state index >= 15 is 0 Å². The summed E-state index contributed by atoms with van der Waals surface area (Å²) in [4.78, 5) is 2.16. The molecule has 0 saturated carbocycles. The lowest BCUT2D eigenvalue weighted by atomic mass is 10.1. The van der Waals surface area contributed by atoms with E-state index in [9.17, 15) is 0 Å². The molecule has 2 aliphatic heterocycles. The summed E-state index contributed by atoms with van der Waals surface area (Å²) in [5, 5.41) is 6.64. The van der Waals surface area contributed by atoms with E-state index in [1.54, 1.807) is 0 Å². The molecule has 0 aromatic heterocycles. The van der Waals surface area contributed by atoms with Crippen molar-refractivity contribution in [2.24, 2.45) is 0 Å². The molecule has 0 spiro atoms. The number of rotatable bonds is 2. The Morgan fingerprint density at radius 1 is 1.54 bits per heavy atom. The van der Waals surface area contributed by atoms with Gasteiger partial charge in [0.15, 0.2) is 0 Å². The Balaban J connectivity index is 2.21. The van der Waals surface area contributed by atoms with Crippen molar-refractivity contribution in [3.63, 3.8) is 0 Å². The first-order valence-corrected chi connectivity index (χ1v) is 4.66. The fourth-order valence-electron chi connectivity index (χ4n) is 1.70. The summed E-state index contributed by atoms with van der Waals surface area (Å²) in [5.41, 5.74) is 2.58. The van der Waals surface area contributed by atoms with Gasteiger partial charge < -0.3 is 15.5 Å². The van der Waals surface area contributed by atoms with Gasteiger partial charge in [0, 0.05) is 30.8 Å². The maximum Gasteiger partial charge on any atom is 0.127 e. The lowest BCUT2D eigenvalue weighted by molar-refractivity contribution is 0.400. The Kier molecular flexibility index (Phi) is 2.00. The molecule has 3 heteroatoms. The monoisotopic (exact) mass is 177 g/mol. The molecule has 0 aromatic rings. The van der Waals surface area contributed by atoms with Crippen LogP contribution in [0.3, 0.4) is 0 Å². The highest BCUT2D eigenvalue weighted by Gasteiger charge is 2.23. The highest BCUT2D eigenvalue weighted by molar-refractivity contribution is 5.33. The molecule has 2 aliphatic rings. The molecule has 1 atom stereocenters. The van der Waals surface area contributed by atoms with Gasteiger partial charge in [0.2, 0.25) is 0 Å². The molecule has 0 aromatic carbocycles. The van der Waals surface area contributed by atoms with Crippen molar-refractivity contribution in [3.05, 3.63) is 35.9 Å². The number of hydrogen-bond acceptors (Lipinski definition) is 3. The Morgan fingerprint density at radius 2 is 2.38 bits per heavy atom. The first kappa shape index (κ1) is 8.23. The van der Waals surface area contributed by atoms with Crippen molar-refractivity contribution in [2.45, 2.75) is 20.0 Å². The van der Waals surface area contributed by atoms with Crippen LogP contribution in [0, 0.1) is 0 Å². The zero-order valence-electron chi connectivity index (χ0n) is 8.04. The fourth-order valence-corrected chi connectivity index (χ4v) is 1.70. The van der Waals surface area contributed by atoms with Crippen LogP contribution < -0.4 is 10.6 Å². The van der Waals surface area contributed by atoms with Crippen LogP contribution in [0.5, 0.6) is 0 Å². The average Bonchev–Trinajstić information content (AvgIpc) is 2.58. The summed E-state index contributed by atoms with van der Waals surface area (Å²) in [6.07, 6.45) is 8.55. The topological polar surface area (TPSA) is 27.3 Å². The van der Waals surface area contributed by atoms with Gasteiger partial charge in [0.1, 0.15) is 6.17 Å². The molecule has 70 valence electrons. The normalized spacial score (nSPS) is 24.8. The molecule has 2 heterocycles. The lowest BCUT2D eigenvalue weighted by Crippen LogP contribution is -2.37. The van der Waals surface area contributed by atoms with Crippen molar-refractivity contribution in [2.75, 3.05) is 6.54 Å². The zero-order chi connectivity index (χ0) is 9.26. The summed E-state index contributed by atoms with van der Waals surface area (Å²) < 4.78 is 0. The van der Waals surface area contributed by atoms with Crippen LogP contribution in [0.2, 0.25) is 0 Å². The van der Waals surface area contributed by atoms with Crippen LogP contribution in [0.4, 0.5) is 0 Å². The van der Waals surface area contributed by atoms with Crippen LogP contribution in [0.25, 0.3) is 0 Å². The van der Waals surface area contributed by atoms with Gasteiger partial charge in [-0.15, -0.1) is 0 Å². The summed E-state index contributed by atoms with van der Waals surface area (Å²) in [6.45, 7) is 5.23. The second-order valence-electron chi connectivity index (χ2n) is 3.27. The molecule has 0 aliphatic carbocycles. The van der Waals surface area contributed by atoms with E-state index in [1.807, 2.05) is 12.4 Å². The lowest BCUT2D eigenvalue weighted by Gasteiger charge is -2.28. The average molecular weight is 177 g/mol. The Morgan fingerprint density at radius 3 is 3.15 bits per heavy atom. The molecule has 2 rings (SSSR count). The number of allylic oxidation sites excluding steroid dienone is 1. The summed E-state index contributed by atoms with van der Waals surface area (Å²) >= 11 is 0. The first-order chi connectivity index (χ1) is 6.33. The van der Waals surface area contributed by atoms with Gasteiger partial charge in [-0.25, -0.2) is 0 Å². The van der Waals surface area contributed by atoms with Crippen LogP contribution >= 0.6 is 0 Å². The highest BCUT2D eigenvalue weighted by Crippen LogP contribution is 2.21. The quantitative estimate of drug-likeness (QED) is 0.661. The van der Waals surface area contributed by atoms with Crippen LogP contribution in [-0.2, 0) is 0 Å². The Labute approximate surface area is 78.8 Å². The van der Waals surface area contributed by atoms with Gasteiger partial charge in [-0.05, 0) is 25.5 Å². The number of nitrogens with zero attached hydrogens (tertiary/aromatic N) is 1. The molecule has 13 heavy (non-hydrogen) atoms. The van der Waals surface area contributed by atoms with Gasteiger partial charge in [0.25, 0.3) is 0 Å². The van der Waals surface area contributed by atoms with Crippen LogP contribution in [0.15, 0.2) is 35.9 Å². The van der Waals surface area contributed by atoms with Gasteiger partial charge in [0.05, 0.1) is 0 Å². The third-order valence-electron chi connectivity index (χ3n) is 2.41. The molecule has 3 nitrogen and oxygen atoms in total. The van der Waals surface area contributed by atoms with E-state index in [4.69, 9.17) is 0 Å². The molecule has 1 unspecified atom stereocenters. The van der Waals surface area contributed by atoms with Gasteiger partial charge in [-0.3, -0.25) is 0 Å². The largest absolute Gasteiger partial charge is 0.385 e. The second-order valence-corrected chi connectivity index (χ2v) is 3.27. The Hall–Kier alpha value is -1.38. The van der Waals surface area contributed by atoms with E-state index in [0.29, 0.717) is 6.17 Å². The number of likely N-dealkylation sites (N-methyl/N-ethyl adjacent to an activating group) is 1. The van der Waals surface area contributed by atoms with E-state index in [-0.39, 0.29) is 0 Å². The highest BCUT2D eigenvalue weighted by atomic mass is 15.3. The summed E-state index contributed by atoms with van der Waals surface area (Å²) in [5.74, 6) is 0. The molecular weight excluding hydrogens is 162 g/mol. The minimum Gasteiger partial charge on any atom is -0.385 e. The predicted octanol–water partition coefficient (Wildman–Crippen LogP) is 1.10. The molecule has 0 bridgehead atoms. The van der Waals surface area contributed by atoms with Crippen molar-refractivity contribution in [1.82, 2.24) is 15.5 Å². The second kappa shape index (κ2) is 3.17. The molecule has 2 N–H and O–H groups in total. The van der Waals surface area contributed by atoms with Crippen LogP contribution in [-0.4, -0.2) is 17.6 Å². The minimum absolute atomic E-state index is 0.319. The SMILES string of the molecule is CCNC1=C(C)C2NC=CN2C=C1. The van der Waals surface area contributed by atoms with Gasteiger partial charge in [-0.2, -0.15) is 0 Å². The first-order valence-electron chi connectivity index (χ1n) is 4.66.